The molecule has 1 aliphatic carbocycles. The Bertz CT molecular complexity index is 838. The Morgan fingerprint density at radius 1 is 1.14 bits per heavy atom. The van der Waals surface area contributed by atoms with E-state index in [1.54, 1.807) is 23.8 Å². The summed E-state index contributed by atoms with van der Waals surface area (Å²) in [4.78, 5) is 0. The average Bonchev–Trinajstić information content (AvgIpc) is 2.73. The highest BCUT2D eigenvalue weighted by Gasteiger charge is 2.14. The summed E-state index contributed by atoms with van der Waals surface area (Å²) in [6.45, 7) is 4.36. The Labute approximate surface area is 181 Å². The third-order valence-corrected chi connectivity index (χ3v) is 5.63. The zero-order valence-electron chi connectivity index (χ0n) is 17.0. The fraction of sp³-hybridized carbons (Fsp3) is 0.417. The molecule has 0 saturated heterocycles. The molecule has 0 radical (unpaired) electrons. The Morgan fingerprint density at radius 3 is 2.76 bits per heavy atom. The van der Waals surface area contributed by atoms with Crippen LogP contribution in [0.5, 0.6) is 11.5 Å². The molecule has 0 amide bonds. The minimum atomic E-state index is -0.268. The van der Waals surface area contributed by atoms with Crippen molar-refractivity contribution in [2.45, 2.75) is 52.2 Å². The maximum absolute atomic E-state index is 13.9. The number of hydrogen-bond donors (Lipinski definition) is 1. The van der Waals surface area contributed by atoms with E-state index in [2.05, 4.69) is 27.3 Å². The number of nitrogens with one attached hydrogen (secondary N) is 1. The van der Waals surface area contributed by atoms with Crippen LogP contribution >= 0.6 is 15.9 Å². The Hall–Kier alpha value is -1.85. The van der Waals surface area contributed by atoms with Gasteiger partial charge in [-0.15, -0.1) is 0 Å². The van der Waals surface area contributed by atoms with Crippen LogP contribution in [-0.2, 0) is 13.2 Å². The topological polar surface area (TPSA) is 30.5 Å². The molecule has 0 fully saturated rings. The third-order valence-electron chi connectivity index (χ3n) is 5.04. The van der Waals surface area contributed by atoms with E-state index in [0.29, 0.717) is 23.7 Å². The van der Waals surface area contributed by atoms with E-state index >= 15 is 0 Å². The zero-order chi connectivity index (χ0) is 20.5. The van der Waals surface area contributed by atoms with Crippen LogP contribution < -0.4 is 14.8 Å². The lowest BCUT2D eigenvalue weighted by molar-refractivity contribution is 0.264. The maximum atomic E-state index is 13.9. The molecular formula is C24H29BrFNO2. The largest absolute Gasteiger partial charge is 0.490 e. The molecule has 2 aromatic carbocycles. The van der Waals surface area contributed by atoms with Gasteiger partial charge >= 0.3 is 0 Å². The van der Waals surface area contributed by atoms with Crippen LogP contribution in [0.2, 0.25) is 0 Å². The second-order valence-electron chi connectivity index (χ2n) is 7.25. The van der Waals surface area contributed by atoms with E-state index < -0.39 is 0 Å². The van der Waals surface area contributed by atoms with E-state index in [4.69, 9.17) is 9.47 Å². The third kappa shape index (κ3) is 6.58. The molecule has 3 rings (SSSR count). The van der Waals surface area contributed by atoms with Crippen LogP contribution in [0.4, 0.5) is 4.39 Å². The minimum absolute atomic E-state index is 0.151. The molecule has 0 heterocycles. The molecule has 0 aromatic heterocycles. The first-order valence-corrected chi connectivity index (χ1v) is 11.2. The van der Waals surface area contributed by atoms with Crippen LogP contribution in [0.15, 0.2) is 52.5 Å². The van der Waals surface area contributed by atoms with Crippen molar-refractivity contribution < 1.29 is 13.9 Å². The van der Waals surface area contributed by atoms with Crippen LogP contribution in [0, 0.1) is 5.82 Å². The summed E-state index contributed by atoms with van der Waals surface area (Å²) in [7, 11) is 0. The van der Waals surface area contributed by atoms with Gasteiger partial charge in [-0.3, -0.25) is 0 Å². The number of halogens is 2. The van der Waals surface area contributed by atoms with Gasteiger partial charge in [0.1, 0.15) is 12.4 Å². The molecule has 0 atom stereocenters. The molecule has 1 aliphatic rings. The number of hydrogen-bond acceptors (Lipinski definition) is 3. The van der Waals surface area contributed by atoms with Gasteiger partial charge in [0.25, 0.3) is 0 Å². The maximum Gasteiger partial charge on any atom is 0.175 e. The lowest BCUT2D eigenvalue weighted by Gasteiger charge is -2.16. The lowest BCUT2D eigenvalue weighted by atomic mass is 9.97. The highest BCUT2D eigenvalue weighted by Crippen LogP contribution is 2.37. The number of ether oxygens (including phenoxy) is 2. The first kappa shape index (κ1) is 21.8. The van der Waals surface area contributed by atoms with Gasteiger partial charge in [0.05, 0.1) is 11.1 Å². The van der Waals surface area contributed by atoms with E-state index in [1.807, 2.05) is 19.1 Å². The quantitative estimate of drug-likeness (QED) is 0.321. The lowest BCUT2D eigenvalue weighted by Crippen LogP contribution is -2.16. The number of benzene rings is 2. The van der Waals surface area contributed by atoms with Crippen molar-refractivity contribution in [2.75, 3.05) is 13.2 Å². The van der Waals surface area contributed by atoms with Gasteiger partial charge in [-0.05, 0) is 85.3 Å². The summed E-state index contributed by atoms with van der Waals surface area (Å²) in [6, 6.07) is 10.7. The molecule has 29 heavy (non-hydrogen) atoms. The molecule has 0 bridgehead atoms. The Balaban J connectivity index is 1.61. The predicted octanol–water partition coefficient (Wildman–Crippen LogP) is 6.55. The zero-order valence-corrected chi connectivity index (χ0v) is 18.6. The highest BCUT2D eigenvalue weighted by atomic mass is 79.9. The molecule has 0 unspecified atom stereocenters. The molecule has 1 N–H and O–H groups in total. The molecule has 3 nitrogen and oxygen atoms in total. The van der Waals surface area contributed by atoms with Crippen molar-refractivity contribution in [3.8, 4) is 11.5 Å². The van der Waals surface area contributed by atoms with Crippen LogP contribution in [-0.4, -0.2) is 13.2 Å². The molecule has 5 heteroatoms. The second-order valence-corrected chi connectivity index (χ2v) is 8.11. The molecule has 156 valence electrons. The second kappa shape index (κ2) is 11.4. The van der Waals surface area contributed by atoms with E-state index in [0.717, 1.165) is 29.5 Å². The first-order valence-electron chi connectivity index (χ1n) is 10.4. The number of rotatable bonds is 10. The van der Waals surface area contributed by atoms with Gasteiger partial charge in [-0.25, -0.2) is 4.39 Å². The van der Waals surface area contributed by atoms with Gasteiger partial charge in [0.15, 0.2) is 11.5 Å². The number of allylic oxidation sites excluding steroid dienone is 1. The van der Waals surface area contributed by atoms with Gasteiger partial charge in [0, 0.05) is 12.1 Å². The minimum Gasteiger partial charge on any atom is -0.490 e. The summed E-state index contributed by atoms with van der Waals surface area (Å²) in [6.07, 6.45) is 8.64. The Kier molecular flexibility index (Phi) is 8.56. The molecule has 0 aliphatic heterocycles. The normalized spacial score (nSPS) is 13.8. The van der Waals surface area contributed by atoms with Gasteiger partial charge < -0.3 is 14.8 Å². The summed E-state index contributed by atoms with van der Waals surface area (Å²) >= 11 is 3.60. The SMILES string of the molecule is CCOc1cc(CNCCC2=CCCCC2)cc(Br)c1OCc1ccccc1F. The van der Waals surface area contributed by atoms with Crippen molar-refractivity contribution in [3.63, 3.8) is 0 Å². The predicted molar refractivity (Wildman–Crippen MR) is 119 cm³/mol. The fourth-order valence-corrected chi connectivity index (χ4v) is 4.11. The molecule has 0 saturated carbocycles. The van der Waals surface area contributed by atoms with Gasteiger partial charge in [0.2, 0.25) is 0 Å². The Morgan fingerprint density at radius 2 is 2.00 bits per heavy atom. The van der Waals surface area contributed by atoms with Crippen molar-refractivity contribution in [1.82, 2.24) is 5.32 Å². The van der Waals surface area contributed by atoms with Crippen molar-refractivity contribution in [2.24, 2.45) is 0 Å². The summed E-state index contributed by atoms with van der Waals surface area (Å²) in [5.41, 5.74) is 3.22. The van der Waals surface area contributed by atoms with Crippen LogP contribution in [0.3, 0.4) is 0 Å². The summed E-state index contributed by atoms with van der Waals surface area (Å²) in [5, 5.41) is 3.52. The van der Waals surface area contributed by atoms with E-state index in [-0.39, 0.29) is 12.4 Å². The molecule has 2 aromatic rings. The van der Waals surface area contributed by atoms with E-state index in [9.17, 15) is 4.39 Å². The smallest absolute Gasteiger partial charge is 0.175 e. The van der Waals surface area contributed by atoms with Crippen LogP contribution in [0.1, 0.15) is 50.2 Å². The van der Waals surface area contributed by atoms with Gasteiger partial charge in [-0.2, -0.15) is 0 Å². The summed E-state index contributed by atoms with van der Waals surface area (Å²) < 4.78 is 26.4. The first-order chi connectivity index (χ1) is 14.2. The molecular weight excluding hydrogens is 433 g/mol. The van der Waals surface area contributed by atoms with Crippen molar-refractivity contribution in [1.29, 1.82) is 0 Å². The summed E-state index contributed by atoms with van der Waals surface area (Å²) in [5.74, 6) is 1.01. The monoisotopic (exact) mass is 461 g/mol. The van der Waals surface area contributed by atoms with E-state index in [1.165, 1.54) is 31.7 Å². The fourth-order valence-electron chi connectivity index (χ4n) is 3.51. The highest BCUT2D eigenvalue weighted by molar-refractivity contribution is 9.10. The van der Waals surface area contributed by atoms with Crippen molar-refractivity contribution >= 4 is 15.9 Å². The standard InChI is InChI=1S/C24H29BrFNO2/c1-2-28-23-15-19(16-27-13-12-18-8-4-3-5-9-18)14-21(25)24(23)29-17-20-10-6-7-11-22(20)26/h6-8,10-11,14-15,27H,2-5,9,12-13,16-17H2,1H3. The molecule has 0 spiro atoms. The van der Waals surface area contributed by atoms with Crippen LogP contribution in [0.25, 0.3) is 0 Å². The average molecular weight is 462 g/mol. The van der Waals surface area contributed by atoms with Gasteiger partial charge in [-0.1, -0.05) is 29.8 Å². The van der Waals surface area contributed by atoms with Crippen molar-refractivity contribution in [3.05, 3.63) is 69.5 Å².